The molecule has 0 saturated carbocycles. The Morgan fingerprint density at radius 2 is 0.429 bits per heavy atom. The second-order valence-corrected chi connectivity index (χ2v) is 24.5. The van der Waals surface area contributed by atoms with Crippen molar-refractivity contribution in [1.29, 1.82) is 0 Å². The van der Waals surface area contributed by atoms with Crippen LogP contribution in [0.25, 0.3) is 98.5 Å². The largest absolute Gasteiger partial charge is 0.493 e. The maximum Gasteiger partial charge on any atom is 0.171 e. The Balaban J connectivity index is 1.08. The zero-order valence-corrected chi connectivity index (χ0v) is 52.2. The number of hydrogen-bond donors (Lipinski definition) is 0. The van der Waals surface area contributed by atoms with Crippen LogP contribution >= 0.6 is 0 Å². The molecule has 0 aliphatic rings. The molecule has 0 atom stereocenters. The summed E-state index contributed by atoms with van der Waals surface area (Å²) in [5.74, 6) is 2.36. The van der Waals surface area contributed by atoms with Crippen LogP contribution in [0.2, 0.25) is 0 Å². The van der Waals surface area contributed by atoms with Crippen molar-refractivity contribution in [3.05, 3.63) is 89.5 Å². The Morgan fingerprint density at radius 1 is 0.226 bits per heavy atom. The van der Waals surface area contributed by atoms with E-state index in [1.165, 1.54) is 165 Å². The molecule has 0 N–H and O–H groups in total. The normalized spacial score (nSPS) is 12.1. The first kappa shape index (κ1) is 60.6. The van der Waals surface area contributed by atoms with E-state index in [1.807, 2.05) is 0 Å². The lowest BCUT2D eigenvalue weighted by atomic mass is 9.98. The first-order valence-electron chi connectivity index (χ1n) is 33.5. The summed E-state index contributed by atoms with van der Waals surface area (Å²) in [7, 11) is 0. The van der Waals surface area contributed by atoms with E-state index < -0.39 is 0 Å². The van der Waals surface area contributed by atoms with Gasteiger partial charge in [0.15, 0.2) is 11.5 Å². The molecular formula is C75H96N6O3. The van der Waals surface area contributed by atoms with Crippen molar-refractivity contribution in [2.45, 2.75) is 234 Å². The topological polar surface area (TPSA) is 105 Å². The van der Waals surface area contributed by atoms with Gasteiger partial charge in [-0.1, -0.05) is 212 Å². The number of aromatic nitrogens is 6. The van der Waals surface area contributed by atoms with Crippen LogP contribution in [0.4, 0.5) is 0 Å². The summed E-state index contributed by atoms with van der Waals surface area (Å²) in [4.78, 5) is 33.2. The first-order valence-corrected chi connectivity index (χ1v) is 33.5. The lowest BCUT2D eigenvalue weighted by Crippen LogP contribution is -2.05. The average molecular weight is 1130 g/mol. The van der Waals surface area contributed by atoms with Crippen LogP contribution in [-0.4, -0.2) is 49.7 Å². The molecule has 0 amide bonds. The Hall–Kier alpha value is -6.48. The number of unbranched alkanes of at least 4 members (excludes halogenated alkanes) is 27. The van der Waals surface area contributed by atoms with E-state index in [2.05, 4.69) is 114 Å². The summed E-state index contributed by atoms with van der Waals surface area (Å²) in [6.07, 6.45) is 38.0. The molecule has 10 aromatic rings. The van der Waals surface area contributed by atoms with Gasteiger partial charge in [0.2, 0.25) is 0 Å². The van der Waals surface area contributed by atoms with Crippen LogP contribution in [-0.2, 0) is 0 Å². The molecule has 0 aliphatic heterocycles. The number of fused-ring (bicyclic) bond motifs is 9. The van der Waals surface area contributed by atoms with Gasteiger partial charge in [-0.15, -0.1) is 0 Å². The fourth-order valence-corrected chi connectivity index (χ4v) is 12.9. The second kappa shape index (κ2) is 30.6. The summed E-state index contributed by atoms with van der Waals surface area (Å²) < 4.78 is 20.9. The van der Waals surface area contributed by atoms with Crippen LogP contribution in [0, 0.1) is 20.8 Å². The van der Waals surface area contributed by atoms with Gasteiger partial charge in [0, 0.05) is 37.9 Å². The summed E-state index contributed by atoms with van der Waals surface area (Å²) in [5, 5.41) is 5.86. The number of nitrogens with zero attached hydrogens (tertiary/aromatic N) is 6. The third-order valence-corrected chi connectivity index (χ3v) is 18.1. The smallest absolute Gasteiger partial charge is 0.171 e. The number of hydrogen-bond acceptors (Lipinski definition) is 9. The minimum atomic E-state index is 0.597. The fraction of sp³-hybridized carbons (Fsp3) is 0.520. The zero-order valence-electron chi connectivity index (χ0n) is 52.2. The summed E-state index contributed by atoms with van der Waals surface area (Å²) >= 11 is 0. The highest BCUT2D eigenvalue weighted by Crippen LogP contribution is 2.45. The van der Waals surface area contributed by atoms with Gasteiger partial charge < -0.3 is 14.2 Å². The van der Waals surface area contributed by atoms with Gasteiger partial charge in [-0.2, -0.15) is 0 Å². The standard InChI is InChI=1S/C75H96N6O3/c1-7-10-13-16-19-22-25-28-31-34-49-82-73-54(6)57-39-45-63-61-43-37-55-52(4)53(5)56-38-44-62(77-68(56)67(55)76-61)65-47-41-59-71(80-65)72-60(42-48-66(81-72)64-46-40-58(73)70(79-64)69(57)78-63)75(84-51-36-33-30-27-24-21-18-15-12-9-3)74(59)83-50-35-32-29-26-23-20-17-14-11-8-2/h37-48H,7-36,49-51H2,1-6H3. The van der Waals surface area contributed by atoms with Gasteiger partial charge in [-0.25, -0.2) is 29.9 Å². The number of benzene rings is 3. The first-order chi connectivity index (χ1) is 41.4. The van der Waals surface area contributed by atoms with E-state index in [4.69, 9.17) is 44.1 Å². The maximum absolute atomic E-state index is 7.02. The molecule has 7 heterocycles. The number of aryl methyl sites for hydroxylation is 3. The van der Waals surface area contributed by atoms with Gasteiger partial charge >= 0.3 is 0 Å². The van der Waals surface area contributed by atoms with Crippen molar-refractivity contribution >= 4 is 98.5 Å². The summed E-state index contributed by atoms with van der Waals surface area (Å²) in [5.41, 5.74) is 12.8. The zero-order chi connectivity index (χ0) is 58.0. The van der Waals surface area contributed by atoms with Crippen molar-refractivity contribution in [2.24, 2.45) is 0 Å². The lowest BCUT2D eigenvalue weighted by molar-refractivity contribution is 0.263. The average Bonchev–Trinajstić information content (AvgIpc) is 1.75. The van der Waals surface area contributed by atoms with Crippen LogP contribution in [0.1, 0.15) is 230 Å². The van der Waals surface area contributed by atoms with Gasteiger partial charge in [0.1, 0.15) is 22.3 Å². The number of ether oxygens (including phenoxy) is 3. The fourth-order valence-electron chi connectivity index (χ4n) is 12.9. The van der Waals surface area contributed by atoms with E-state index in [-0.39, 0.29) is 0 Å². The van der Waals surface area contributed by atoms with E-state index in [0.717, 1.165) is 160 Å². The Morgan fingerprint density at radius 3 is 0.702 bits per heavy atom. The molecular weight excluding hydrogens is 1030 g/mol. The summed E-state index contributed by atoms with van der Waals surface area (Å²) in [6, 6.07) is 25.7. The molecule has 0 spiro atoms. The molecule has 0 radical (unpaired) electrons. The minimum absolute atomic E-state index is 0.597. The highest BCUT2D eigenvalue weighted by Gasteiger charge is 2.22. The third-order valence-electron chi connectivity index (χ3n) is 18.1. The van der Waals surface area contributed by atoms with Crippen molar-refractivity contribution in [2.75, 3.05) is 19.8 Å². The van der Waals surface area contributed by atoms with Gasteiger partial charge in [-0.3, -0.25) is 0 Å². The van der Waals surface area contributed by atoms with E-state index >= 15 is 0 Å². The number of rotatable bonds is 36. The molecule has 10 rings (SSSR count). The van der Waals surface area contributed by atoms with Crippen molar-refractivity contribution in [3.63, 3.8) is 0 Å². The van der Waals surface area contributed by atoms with Crippen LogP contribution in [0.5, 0.6) is 17.2 Å². The maximum atomic E-state index is 7.02. The molecule has 0 aliphatic carbocycles. The minimum Gasteiger partial charge on any atom is -0.493 e. The predicted octanol–water partition coefficient (Wildman–Crippen LogP) is 22.3. The second-order valence-electron chi connectivity index (χ2n) is 24.5. The lowest BCUT2D eigenvalue weighted by Gasteiger charge is -2.18. The molecule has 9 nitrogen and oxygen atoms in total. The molecule has 7 aromatic heterocycles. The molecule has 0 unspecified atom stereocenters. The summed E-state index contributed by atoms with van der Waals surface area (Å²) in [6.45, 7) is 15.3. The van der Waals surface area contributed by atoms with Gasteiger partial charge in [0.05, 0.1) is 69.5 Å². The van der Waals surface area contributed by atoms with Crippen molar-refractivity contribution < 1.29 is 14.2 Å². The van der Waals surface area contributed by atoms with Crippen LogP contribution in [0.15, 0.2) is 72.8 Å². The Kier molecular flexibility index (Phi) is 22.1. The molecule has 3 aromatic carbocycles. The van der Waals surface area contributed by atoms with E-state index in [1.54, 1.807) is 0 Å². The Labute approximate surface area is 500 Å². The molecule has 444 valence electrons. The molecule has 0 fully saturated rings. The van der Waals surface area contributed by atoms with Gasteiger partial charge in [-0.05, 0) is 106 Å². The highest BCUT2D eigenvalue weighted by atomic mass is 16.5. The molecule has 84 heavy (non-hydrogen) atoms. The van der Waals surface area contributed by atoms with Crippen LogP contribution in [0.3, 0.4) is 0 Å². The number of pyridine rings is 6. The van der Waals surface area contributed by atoms with Crippen LogP contribution < -0.4 is 14.2 Å². The van der Waals surface area contributed by atoms with E-state index in [9.17, 15) is 0 Å². The SMILES string of the molecule is CCCCCCCCCCCCOc1c(C)c2ccc3nc2c2nc(ccc12)c1ccc2c(OCCCCCCCCCCCC)c(OCCCCCCCCCCCC)c4ccc(nc4c2n1)c1ccc2c(C)c(C)c4ccc3nc4c2n1. The molecule has 9 heteroatoms. The third kappa shape index (κ3) is 14.4. The van der Waals surface area contributed by atoms with Gasteiger partial charge in [0.25, 0.3) is 0 Å². The monoisotopic (exact) mass is 1130 g/mol. The van der Waals surface area contributed by atoms with E-state index in [0.29, 0.717) is 19.8 Å². The molecule has 12 bridgehead atoms. The quantitative estimate of drug-likeness (QED) is 0.0280. The Bertz CT molecular complexity index is 3820. The van der Waals surface area contributed by atoms with Crippen molar-refractivity contribution in [1.82, 2.24) is 29.9 Å². The predicted molar refractivity (Wildman–Crippen MR) is 357 cm³/mol. The molecule has 0 saturated heterocycles. The highest BCUT2D eigenvalue weighted by molar-refractivity contribution is 6.14. The van der Waals surface area contributed by atoms with Crippen molar-refractivity contribution in [3.8, 4) is 17.2 Å².